The summed E-state index contributed by atoms with van der Waals surface area (Å²) >= 11 is 0. The molecule has 90 valence electrons. The number of ether oxygens (including phenoxy) is 2. The van der Waals surface area contributed by atoms with Crippen molar-refractivity contribution < 1.29 is 14.6 Å². The van der Waals surface area contributed by atoms with Gasteiger partial charge in [-0.2, -0.15) is 0 Å². The molecule has 1 fully saturated rings. The molecule has 0 aromatic rings. The van der Waals surface area contributed by atoms with Gasteiger partial charge in [0.2, 0.25) is 0 Å². The van der Waals surface area contributed by atoms with E-state index in [1.807, 2.05) is 6.92 Å². The van der Waals surface area contributed by atoms with Crippen molar-refractivity contribution >= 4 is 0 Å². The highest BCUT2D eigenvalue weighted by atomic mass is 16.5. The van der Waals surface area contributed by atoms with E-state index in [1.54, 1.807) is 7.11 Å². The highest BCUT2D eigenvalue weighted by molar-refractivity contribution is 4.85. The minimum Gasteiger partial charge on any atom is -0.388 e. The molecule has 1 saturated heterocycles. The van der Waals surface area contributed by atoms with Gasteiger partial charge in [0.05, 0.1) is 11.7 Å². The van der Waals surface area contributed by atoms with Crippen LogP contribution in [0.4, 0.5) is 0 Å². The number of rotatable bonds is 5. The molecule has 0 radical (unpaired) electrons. The van der Waals surface area contributed by atoms with Gasteiger partial charge in [0.25, 0.3) is 0 Å². The summed E-state index contributed by atoms with van der Waals surface area (Å²) in [4.78, 5) is 0. The largest absolute Gasteiger partial charge is 0.388 e. The van der Waals surface area contributed by atoms with Crippen LogP contribution in [0, 0.1) is 0 Å². The predicted octanol–water partition coefficient (Wildman–Crippen LogP) is 0.541. The quantitative estimate of drug-likeness (QED) is 0.706. The summed E-state index contributed by atoms with van der Waals surface area (Å²) in [5, 5.41) is 13.5. The number of nitrogens with one attached hydrogen (secondary N) is 1. The van der Waals surface area contributed by atoms with Crippen LogP contribution in [0.5, 0.6) is 0 Å². The highest BCUT2D eigenvalue weighted by Gasteiger charge is 2.30. The molecule has 1 aliphatic heterocycles. The zero-order valence-corrected chi connectivity index (χ0v) is 9.95. The monoisotopic (exact) mass is 217 g/mol. The van der Waals surface area contributed by atoms with Crippen LogP contribution in [0.15, 0.2) is 0 Å². The third-order valence-electron chi connectivity index (χ3n) is 3.25. The Labute approximate surface area is 92.0 Å². The first-order valence-electron chi connectivity index (χ1n) is 5.64. The van der Waals surface area contributed by atoms with Gasteiger partial charge in [-0.3, -0.25) is 0 Å². The SMILES string of the molecule is COC(C)C(C)NCC1(O)CCOCC1. The fourth-order valence-corrected chi connectivity index (χ4v) is 1.65. The minimum absolute atomic E-state index is 0.161. The van der Waals surface area contributed by atoms with Crippen molar-refractivity contribution in [2.45, 2.75) is 44.4 Å². The van der Waals surface area contributed by atoms with Gasteiger partial charge in [0, 0.05) is 45.8 Å². The highest BCUT2D eigenvalue weighted by Crippen LogP contribution is 2.19. The van der Waals surface area contributed by atoms with Crippen LogP contribution >= 0.6 is 0 Å². The van der Waals surface area contributed by atoms with Crippen molar-refractivity contribution in [1.82, 2.24) is 5.32 Å². The van der Waals surface area contributed by atoms with Gasteiger partial charge in [-0.1, -0.05) is 0 Å². The van der Waals surface area contributed by atoms with Gasteiger partial charge in [-0.25, -0.2) is 0 Å². The molecular weight excluding hydrogens is 194 g/mol. The lowest BCUT2D eigenvalue weighted by atomic mass is 9.94. The smallest absolute Gasteiger partial charge is 0.0815 e. The molecule has 1 heterocycles. The van der Waals surface area contributed by atoms with E-state index in [2.05, 4.69) is 12.2 Å². The van der Waals surface area contributed by atoms with Crippen LogP contribution in [0.1, 0.15) is 26.7 Å². The molecule has 2 unspecified atom stereocenters. The second-order valence-corrected chi connectivity index (χ2v) is 4.45. The maximum absolute atomic E-state index is 10.2. The van der Waals surface area contributed by atoms with E-state index in [0.717, 1.165) is 0 Å². The van der Waals surface area contributed by atoms with Crippen LogP contribution in [0.2, 0.25) is 0 Å². The Morgan fingerprint density at radius 2 is 2.00 bits per heavy atom. The van der Waals surface area contributed by atoms with Gasteiger partial charge in [0.15, 0.2) is 0 Å². The first kappa shape index (κ1) is 12.9. The summed E-state index contributed by atoms with van der Waals surface area (Å²) in [6, 6.07) is 0.252. The molecule has 0 aromatic carbocycles. The Kier molecular flexibility index (Phi) is 4.99. The van der Waals surface area contributed by atoms with Crippen LogP contribution in [-0.4, -0.2) is 49.7 Å². The van der Waals surface area contributed by atoms with Crippen molar-refractivity contribution in [2.75, 3.05) is 26.9 Å². The second kappa shape index (κ2) is 5.80. The van der Waals surface area contributed by atoms with Crippen molar-refractivity contribution in [3.05, 3.63) is 0 Å². The molecule has 0 spiro atoms. The minimum atomic E-state index is -0.597. The van der Waals surface area contributed by atoms with E-state index < -0.39 is 5.60 Å². The maximum Gasteiger partial charge on any atom is 0.0815 e. The lowest BCUT2D eigenvalue weighted by Crippen LogP contribution is -2.49. The first-order valence-corrected chi connectivity index (χ1v) is 5.64. The zero-order chi connectivity index (χ0) is 11.3. The van der Waals surface area contributed by atoms with Crippen molar-refractivity contribution in [2.24, 2.45) is 0 Å². The molecule has 0 bridgehead atoms. The summed E-state index contributed by atoms with van der Waals surface area (Å²) in [5.74, 6) is 0. The van der Waals surface area contributed by atoms with Crippen molar-refractivity contribution in [3.8, 4) is 0 Å². The van der Waals surface area contributed by atoms with E-state index >= 15 is 0 Å². The van der Waals surface area contributed by atoms with Crippen molar-refractivity contribution in [3.63, 3.8) is 0 Å². The summed E-state index contributed by atoms with van der Waals surface area (Å²) in [6.45, 7) is 6.02. The van der Waals surface area contributed by atoms with Crippen molar-refractivity contribution in [1.29, 1.82) is 0 Å². The molecule has 0 aliphatic carbocycles. The van der Waals surface area contributed by atoms with Crippen LogP contribution in [0.3, 0.4) is 0 Å². The Balaban J connectivity index is 2.28. The Morgan fingerprint density at radius 1 is 1.40 bits per heavy atom. The Hall–Kier alpha value is -0.160. The van der Waals surface area contributed by atoms with Crippen LogP contribution in [-0.2, 0) is 9.47 Å². The third kappa shape index (κ3) is 4.07. The summed E-state index contributed by atoms with van der Waals surface area (Å²) < 4.78 is 10.4. The average molecular weight is 217 g/mol. The third-order valence-corrected chi connectivity index (χ3v) is 3.25. The zero-order valence-electron chi connectivity index (χ0n) is 9.95. The normalized spacial score (nSPS) is 24.8. The molecule has 4 heteroatoms. The van der Waals surface area contributed by atoms with E-state index in [1.165, 1.54) is 0 Å². The lowest BCUT2D eigenvalue weighted by Gasteiger charge is -2.34. The molecule has 0 amide bonds. The molecular formula is C11H23NO3. The standard InChI is InChI=1S/C11H23NO3/c1-9(10(2)14-3)12-8-11(13)4-6-15-7-5-11/h9-10,12-13H,4-8H2,1-3H3. The van der Waals surface area contributed by atoms with Gasteiger partial charge in [-0.05, 0) is 13.8 Å². The maximum atomic E-state index is 10.2. The van der Waals surface area contributed by atoms with Gasteiger partial charge in [-0.15, -0.1) is 0 Å². The Bertz CT molecular complexity index is 181. The van der Waals surface area contributed by atoms with E-state index in [-0.39, 0.29) is 12.1 Å². The van der Waals surface area contributed by atoms with Crippen LogP contribution < -0.4 is 5.32 Å². The fraction of sp³-hybridized carbons (Fsp3) is 1.00. The fourth-order valence-electron chi connectivity index (χ4n) is 1.65. The summed E-state index contributed by atoms with van der Waals surface area (Å²) in [6.07, 6.45) is 1.59. The van der Waals surface area contributed by atoms with E-state index in [4.69, 9.17) is 9.47 Å². The molecule has 1 aliphatic rings. The number of aliphatic hydroxyl groups is 1. The predicted molar refractivity (Wildman–Crippen MR) is 58.9 cm³/mol. The molecule has 1 rings (SSSR count). The van der Waals surface area contributed by atoms with Gasteiger partial charge >= 0.3 is 0 Å². The van der Waals surface area contributed by atoms with Gasteiger partial charge < -0.3 is 19.9 Å². The topological polar surface area (TPSA) is 50.7 Å². The lowest BCUT2D eigenvalue weighted by molar-refractivity contribution is -0.0646. The number of hydrogen-bond acceptors (Lipinski definition) is 4. The molecule has 4 nitrogen and oxygen atoms in total. The van der Waals surface area contributed by atoms with Gasteiger partial charge in [0.1, 0.15) is 0 Å². The molecule has 0 saturated carbocycles. The second-order valence-electron chi connectivity index (χ2n) is 4.45. The molecule has 2 atom stereocenters. The number of methoxy groups -OCH3 is 1. The van der Waals surface area contributed by atoms with E-state index in [9.17, 15) is 5.11 Å². The average Bonchev–Trinajstić information content (AvgIpc) is 2.26. The molecule has 15 heavy (non-hydrogen) atoms. The molecule has 0 aromatic heterocycles. The van der Waals surface area contributed by atoms with E-state index in [0.29, 0.717) is 32.6 Å². The van der Waals surface area contributed by atoms with Crippen LogP contribution in [0.25, 0.3) is 0 Å². The first-order chi connectivity index (χ1) is 7.07. The summed E-state index contributed by atoms with van der Waals surface area (Å²) in [5.41, 5.74) is -0.597. The summed E-state index contributed by atoms with van der Waals surface area (Å²) in [7, 11) is 1.70. The molecule has 2 N–H and O–H groups in total. The number of hydrogen-bond donors (Lipinski definition) is 2. The Morgan fingerprint density at radius 3 is 2.53 bits per heavy atom.